The van der Waals surface area contributed by atoms with Crippen LogP contribution in [0.1, 0.15) is 16.8 Å². The largest absolute Gasteiger partial charge is 0.325 e. The number of hydrogen-bond acceptors (Lipinski definition) is 6. The van der Waals surface area contributed by atoms with Gasteiger partial charge in [0.1, 0.15) is 17.0 Å². The molecule has 0 aliphatic rings. The van der Waals surface area contributed by atoms with Crippen LogP contribution in [0, 0.1) is 13.8 Å². The molecule has 3 aromatic heterocycles. The first-order chi connectivity index (χ1) is 11.7. The zero-order valence-electron chi connectivity index (χ0n) is 13.3. The van der Waals surface area contributed by atoms with Crippen LogP contribution < -0.4 is 0 Å². The van der Waals surface area contributed by atoms with E-state index in [1.807, 2.05) is 6.07 Å². The number of nitrogens with one attached hydrogen (secondary N) is 1. The number of fused-ring (bicyclic) bond motifs is 1. The van der Waals surface area contributed by atoms with Crippen LogP contribution in [0.4, 0.5) is 0 Å². The normalized spacial score (nSPS) is 11.2. The highest BCUT2D eigenvalue weighted by Gasteiger charge is 2.18. The molecule has 0 unspecified atom stereocenters. The van der Waals surface area contributed by atoms with Gasteiger partial charge in [0.2, 0.25) is 5.16 Å². The number of H-pyrrole nitrogens is 1. The summed E-state index contributed by atoms with van der Waals surface area (Å²) in [5.74, 6) is 0. The third kappa shape index (κ3) is 2.54. The molecule has 3 heterocycles. The second kappa shape index (κ2) is 6.04. The first-order valence-electron chi connectivity index (χ1n) is 7.49. The fourth-order valence-corrected chi connectivity index (χ4v) is 3.54. The lowest BCUT2D eigenvalue weighted by molar-refractivity contribution is 0.789. The van der Waals surface area contributed by atoms with E-state index in [-0.39, 0.29) is 0 Å². The van der Waals surface area contributed by atoms with Gasteiger partial charge in [0.25, 0.3) is 0 Å². The Balaban J connectivity index is 1.83. The number of rotatable bonds is 4. The van der Waals surface area contributed by atoms with Gasteiger partial charge in [-0.3, -0.25) is 0 Å². The monoisotopic (exact) mass is 337 g/mol. The highest BCUT2D eigenvalue weighted by atomic mass is 32.2. The van der Waals surface area contributed by atoms with Crippen LogP contribution in [-0.2, 0) is 6.54 Å². The Morgan fingerprint density at radius 1 is 1.12 bits per heavy atom. The summed E-state index contributed by atoms with van der Waals surface area (Å²) in [5, 5.41) is 16.5. The van der Waals surface area contributed by atoms with Gasteiger partial charge in [-0.15, -0.1) is 10.2 Å². The lowest BCUT2D eigenvalue weighted by Gasteiger charge is -2.08. The molecule has 24 heavy (non-hydrogen) atoms. The van der Waals surface area contributed by atoms with Gasteiger partial charge in [0.05, 0.1) is 5.39 Å². The van der Waals surface area contributed by atoms with E-state index in [1.54, 1.807) is 6.33 Å². The van der Waals surface area contributed by atoms with Crippen molar-refractivity contribution in [3.8, 4) is 0 Å². The predicted octanol–water partition coefficient (Wildman–Crippen LogP) is 2.76. The van der Waals surface area contributed by atoms with Crippen molar-refractivity contribution in [1.29, 1.82) is 0 Å². The molecule has 7 nitrogen and oxygen atoms in total. The zero-order valence-corrected chi connectivity index (χ0v) is 14.1. The molecule has 0 atom stereocenters. The summed E-state index contributed by atoms with van der Waals surface area (Å²) in [6, 6.07) is 10.4. The lowest BCUT2D eigenvalue weighted by Crippen LogP contribution is -2.03. The number of benzene rings is 1. The third-order valence-corrected chi connectivity index (χ3v) is 4.93. The van der Waals surface area contributed by atoms with Crippen LogP contribution in [0.5, 0.6) is 0 Å². The molecule has 1 N–H and O–H groups in total. The van der Waals surface area contributed by atoms with Crippen LogP contribution >= 0.6 is 11.8 Å². The molecule has 0 bridgehead atoms. The van der Waals surface area contributed by atoms with Gasteiger partial charge in [0.15, 0.2) is 0 Å². The first-order valence-corrected chi connectivity index (χ1v) is 8.31. The van der Waals surface area contributed by atoms with Gasteiger partial charge in [0, 0.05) is 12.2 Å². The molecule has 8 heteroatoms. The molecule has 0 radical (unpaired) electrons. The minimum absolute atomic E-state index is 0.544. The van der Waals surface area contributed by atoms with Crippen LogP contribution in [0.25, 0.3) is 11.0 Å². The van der Waals surface area contributed by atoms with E-state index < -0.39 is 0 Å². The minimum atomic E-state index is 0.544. The van der Waals surface area contributed by atoms with Crippen molar-refractivity contribution in [2.75, 3.05) is 0 Å². The van der Waals surface area contributed by atoms with Crippen LogP contribution in [-0.4, -0.2) is 35.2 Å². The summed E-state index contributed by atoms with van der Waals surface area (Å²) < 4.78 is 2.22. The van der Waals surface area contributed by atoms with Crippen LogP contribution in [0.2, 0.25) is 0 Å². The summed E-state index contributed by atoms with van der Waals surface area (Å²) in [6.45, 7) is 4.99. The maximum absolute atomic E-state index is 4.52. The Morgan fingerprint density at radius 3 is 2.71 bits per heavy atom. The maximum Gasteiger partial charge on any atom is 0.237 e. The molecule has 0 saturated carbocycles. The Kier molecular flexibility index (Phi) is 3.73. The fraction of sp³-hybridized carbons (Fsp3) is 0.188. The van der Waals surface area contributed by atoms with E-state index in [0.717, 1.165) is 22.6 Å². The Morgan fingerprint density at radius 2 is 1.96 bits per heavy atom. The van der Waals surface area contributed by atoms with Gasteiger partial charge in [-0.05, 0) is 41.9 Å². The van der Waals surface area contributed by atoms with E-state index in [4.69, 9.17) is 0 Å². The van der Waals surface area contributed by atoms with E-state index in [2.05, 4.69) is 73.3 Å². The van der Waals surface area contributed by atoms with Crippen LogP contribution in [0.3, 0.4) is 0 Å². The van der Waals surface area contributed by atoms with Gasteiger partial charge >= 0.3 is 0 Å². The minimum Gasteiger partial charge on any atom is -0.325 e. The van der Waals surface area contributed by atoms with Crippen molar-refractivity contribution < 1.29 is 0 Å². The number of aromatic amines is 1. The molecule has 120 valence electrons. The molecule has 1 aromatic carbocycles. The number of hydrogen-bond donors (Lipinski definition) is 1. The van der Waals surface area contributed by atoms with E-state index in [1.165, 1.54) is 28.6 Å². The SMILES string of the molecule is Cc1c(C)n(Cc2ccccc2)c2ncnc(Sc3nn[nH]n3)c12. The summed E-state index contributed by atoms with van der Waals surface area (Å²) in [6.07, 6.45) is 1.59. The number of aromatic nitrogens is 7. The van der Waals surface area contributed by atoms with Crippen molar-refractivity contribution in [2.24, 2.45) is 0 Å². The topological polar surface area (TPSA) is 85.2 Å². The molecule has 4 rings (SSSR count). The average molecular weight is 337 g/mol. The smallest absolute Gasteiger partial charge is 0.237 e. The van der Waals surface area contributed by atoms with Crippen molar-refractivity contribution in [1.82, 2.24) is 35.2 Å². The van der Waals surface area contributed by atoms with Gasteiger partial charge in [-0.25, -0.2) is 9.97 Å². The lowest BCUT2D eigenvalue weighted by atomic mass is 10.2. The van der Waals surface area contributed by atoms with Crippen molar-refractivity contribution in [2.45, 2.75) is 30.6 Å². The number of nitrogens with zero attached hydrogens (tertiary/aromatic N) is 6. The van der Waals surface area contributed by atoms with Crippen LogP contribution in [0.15, 0.2) is 46.8 Å². The Bertz CT molecular complexity index is 977. The van der Waals surface area contributed by atoms with Gasteiger partial charge in [-0.1, -0.05) is 30.3 Å². The van der Waals surface area contributed by atoms with Gasteiger partial charge in [-0.2, -0.15) is 5.21 Å². The molecule has 0 aliphatic heterocycles. The second-order valence-electron chi connectivity index (χ2n) is 5.46. The molecule has 4 aromatic rings. The first kappa shape index (κ1) is 14.8. The quantitative estimate of drug-likeness (QED) is 0.576. The summed E-state index contributed by atoms with van der Waals surface area (Å²) >= 11 is 1.39. The highest BCUT2D eigenvalue weighted by Crippen LogP contribution is 2.33. The Labute approximate surface area is 142 Å². The molecular weight excluding hydrogens is 322 g/mol. The number of tetrazole rings is 1. The molecule has 0 fully saturated rings. The van der Waals surface area contributed by atoms with E-state index >= 15 is 0 Å². The molecule has 0 aliphatic carbocycles. The van der Waals surface area contributed by atoms with Crippen molar-refractivity contribution >= 4 is 22.8 Å². The zero-order chi connectivity index (χ0) is 16.5. The average Bonchev–Trinajstić information content (AvgIpc) is 3.19. The molecular formula is C16H15N7S. The second-order valence-corrected chi connectivity index (χ2v) is 6.41. The summed E-state index contributed by atoms with van der Waals surface area (Å²) in [7, 11) is 0. The maximum atomic E-state index is 4.52. The third-order valence-electron chi connectivity index (χ3n) is 4.07. The fourth-order valence-electron chi connectivity index (χ4n) is 2.75. The van der Waals surface area contributed by atoms with Gasteiger partial charge < -0.3 is 4.57 Å². The predicted molar refractivity (Wildman–Crippen MR) is 90.8 cm³/mol. The van der Waals surface area contributed by atoms with E-state index in [9.17, 15) is 0 Å². The number of aryl methyl sites for hydroxylation is 1. The van der Waals surface area contributed by atoms with E-state index in [0.29, 0.717) is 5.16 Å². The van der Waals surface area contributed by atoms with Crippen molar-refractivity contribution in [3.63, 3.8) is 0 Å². The summed E-state index contributed by atoms with van der Waals surface area (Å²) in [5.41, 5.74) is 4.52. The molecule has 0 amide bonds. The summed E-state index contributed by atoms with van der Waals surface area (Å²) in [4.78, 5) is 8.94. The standard InChI is InChI=1S/C16H15N7S/c1-10-11(2)23(8-12-6-4-3-5-7-12)14-13(10)15(18-9-17-14)24-16-19-21-22-20-16/h3-7,9H,8H2,1-2H3,(H,19,20,21,22). The molecule has 0 saturated heterocycles. The van der Waals surface area contributed by atoms with Crippen molar-refractivity contribution in [3.05, 3.63) is 53.5 Å². The Hall–Kier alpha value is -2.74. The highest BCUT2D eigenvalue weighted by molar-refractivity contribution is 7.99. The molecule has 0 spiro atoms.